The highest BCUT2D eigenvalue weighted by Gasteiger charge is 2.43. The van der Waals surface area contributed by atoms with E-state index in [-0.39, 0.29) is 6.10 Å². The summed E-state index contributed by atoms with van der Waals surface area (Å²) in [7, 11) is 0. The van der Waals surface area contributed by atoms with Gasteiger partial charge in [-0.25, -0.2) is 4.79 Å². The molecule has 0 aromatic rings. The first-order valence-electron chi connectivity index (χ1n) is 5.35. The van der Waals surface area contributed by atoms with Crippen LogP contribution < -0.4 is 5.32 Å². The van der Waals surface area contributed by atoms with Gasteiger partial charge in [0.1, 0.15) is 0 Å². The van der Waals surface area contributed by atoms with E-state index in [9.17, 15) is 9.90 Å². The molecule has 0 radical (unpaired) electrons. The van der Waals surface area contributed by atoms with Crippen molar-refractivity contribution in [2.75, 3.05) is 13.1 Å². The first-order chi connectivity index (χ1) is 6.73. The van der Waals surface area contributed by atoms with Crippen LogP contribution in [0.1, 0.15) is 32.1 Å². The number of ether oxygens (including phenoxy) is 1. The zero-order valence-corrected chi connectivity index (χ0v) is 8.29. The van der Waals surface area contributed by atoms with Gasteiger partial charge in [0.25, 0.3) is 0 Å². The second kappa shape index (κ2) is 3.87. The van der Waals surface area contributed by atoms with Gasteiger partial charge in [0.05, 0.1) is 6.10 Å². The van der Waals surface area contributed by atoms with Gasteiger partial charge in [-0.05, 0) is 38.6 Å². The molecule has 4 nitrogen and oxygen atoms in total. The molecule has 80 valence electrons. The van der Waals surface area contributed by atoms with Gasteiger partial charge in [0.2, 0.25) is 0 Å². The van der Waals surface area contributed by atoms with E-state index in [1.54, 1.807) is 0 Å². The molecule has 1 atom stereocenters. The Kier molecular flexibility index (Phi) is 2.74. The van der Waals surface area contributed by atoms with Crippen LogP contribution in [-0.2, 0) is 9.53 Å². The van der Waals surface area contributed by atoms with E-state index in [4.69, 9.17) is 4.74 Å². The molecule has 1 unspecified atom stereocenters. The molecular weight excluding hydrogens is 182 g/mol. The number of carbonyl (C=O) groups is 1. The summed E-state index contributed by atoms with van der Waals surface area (Å²) in [4.78, 5) is 11.2. The molecule has 4 heteroatoms. The van der Waals surface area contributed by atoms with E-state index in [2.05, 4.69) is 5.32 Å². The second-order valence-electron chi connectivity index (χ2n) is 4.25. The van der Waals surface area contributed by atoms with Crippen molar-refractivity contribution in [3.05, 3.63) is 0 Å². The molecule has 14 heavy (non-hydrogen) atoms. The van der Waals surface area contributed by atoms with E-state index >= 15 is 0 Å². The second-order valence-corrected chi connectivity index (χ2v) is 4.25. The minimum Gasteiger partial charge on any atom is -0.479 e. The maximum atomic E-state index is 11.2. The maximum Gasteiger partial charge on any atom is 0.337 e. The third-order valence-corrected chi connectivity index (χ3v) is 3.18. The highest BCUT2D eigenvalue weighted by Crippen LogP contribution is 2.31. The number of nitrogens with one attached hydrogen (secondary N) is 1. The lowest BCUT2D eigenvalue weighted by Crippen LogP contribution is -2.55. The third kappa shape index (κ3) is 1.77. The Morgan fingerprint density at radius 2 is 2.21 bits per heavy atom. The monoisotopic (exact) mass is 199 g/mol. The first-order valence-corrected chi connectivity index (χ1v) is 5.35. The van der Waals surface area contributed by atoms with Crippen molar-refractivity contribution in [3.63, 3.8) is 0 Å². The number of aliphatic carboxylic acids is 1. The highest BCUT2D eigenvalue weighted by molar-refractivity contribution is 5.78. The maximum absolute atomic E-state index is 11.2. The van der Waals surface area contributed by atoms with Gasteiger partial charge in [-0.3, -0.25) is 0 Å². The smallest absolute Gasteiger partial charge is 0.337 e. The molecule has 1 saturated heterocycles. The summed E-state index contributed by atoms with van der Waals surface area (Å²) in [6.07, 6.45) is 4.94. The van der Waals surface area contributed by atoms with Gasteiger partial charge in [0.15, 0.2) is 5.60 Å². The lowest BCUT2D eigenvalue weighted by atomic mass is 9.90. The largest absolute Gasteiger partial charge is 0.479 e. The summed E-state index contributed by atoms with van der Waals surface area (Å²) in [5.41, 5.74) is -0.941. The molecule has 2 aliphatic rings. The molecule has 0 bridgehead atoms. The molecule has 2 N–H and O–H groups in total. The SMILES string of the molecule is O=C(O)C1(OC2CCC2)CCCNC1. The molecule has 1 saturated carbocycles. The van der Waals surface area contributed by atoms with Gasteiger partial charge in [-0.1, -0.05) is 0 Å². The normalized spacial score (nSPS) is 33.7. The van der Waals surface area contributed by atoms with Gasteiger partial charge in [-0.2, -0.15) is 0 Å². The van der Waals surface area contributed by atoms with Crippen molar-refractivity contribution in [2.45, 2.75) is 43.8 Å². The summed E-state index contributed by atoms with van der Waals surface area (Å²) < 4.78 is 5.71. The lowest BCUT2D eigenvalue weighted by Gasteiger charge is -2.39. The van der Waals surface area contributed by atoms with Crippen LogP contribution in [0.4, 0.5) is 0 Å². The van der Waals surface area contributed by atoms with E-state index in [1.165, 1.54) is 6.42 Å². The van der Waals surface area contributed by atoms with Crippen molar-refractivity contribution in [3.8, 4) is 0 Å². The Morgan fingerprint density at radius 1 is 1.43 bits per heavy atom. The first kappa shape index (κ1) is 9.93. The number of carboxylic acids is 1. The number of hydrogen-bond acceptors (Lipinski definition) is 3. The van der Waals surface area contributed by atoms with Crippen LogP contribution in [0.3, 0.4) is 0 Å². The summed E-state index contributed by atoms with van der Waals surface area (Å²) in [5, 5.41) is 12.3. The third-order valence-electron chi connectivity index (χ3n) is 3.18. The minimum atomic E-state index is -0.941. The molecule has 1 heterocycles. The predicted octanol–water partition coefficient (Wildman–Crippen LogP) is 0.762. The van der Waals surface area contributed by atoms with Crippen molar-refractivity contribution < 1.29 is 14.6 Å². The van der Waals surface area contributed by atoms with Crippen LogP contribution >= 0.6 is 0 Å². The van der Waals surface area contributed by atoms with Crippen LogP contribution in [0.25, 0.3) is 0 Å². The molecule has 1 aliphatic carbocycles. The molecule has 1 aliphatic heterocycles. The Labute approximate surface area is 83.6 Å². The zero-order valence-electron chi connectivity index (χ0n) is 8.29. The summed E-state index contributed by atoms with van der Waals surface area (Å²) >= 11 is 0. The quantitative estimate of drug-likeness (QED) is 0.704. The van der Waals surface area contributed by atoms with Crippen molar-refractivity contribution in [1.82, 2.24) is 5.32 Å². The fraction of sp³-hybridized carbons (Fsp3) is 0.900. The molecule has 2 fully saturated rings. The average Bonchev–Trinajstić information content (AvgIpc) is 2.13. The number of rotatable bonds is 3. The van der Waals surface area contributed by atoms with Crippen LogP contribution in [-0.4, -0.2) is 35.9 Å². The molecule has 0 amide bonds. The fourth-order valence-electron chi connectivity index (χ4n) is 2.02. The summed E-state index contributed by atoms with van der Waals surface area (Å²) in [6.45, 7) is 1.36. The predicted molar refractivity (Wildman–Crippen MR) is 51.2 cm³/mol. The number of piperidine rings is 1. The van der Waals surface area contributed by atoms with E-state index in [0.717, 1.165) is 25.8 Å². The van der Waals surface area contributed by atoms with E-state index in [0.29, 0.717) is 13.0 Å². The lowest BCUT2D eigenvalue weighted by molar-refractivity contribution is -0.183. The standard InChI is InChI=1S/C10H17NO3/c12-9(13)10(5-2-6-11-7-10)14-8-3-1-4-8/h8,11H,1-7H2,(H,12,13). The average molecular weight is 199 g/mol. The molecule has 0 aromatic carbocycles. The van der Waals surface area contributed by atoms with E-state index in [1.807, 2.05) is 0 Å². The van der Waals surface area contributed by atoms with Crippen molar-refractivity contribution >= 4 is 5.97 Å². The van der Waals surface area contributed by atoms with E-state index < -0.39 is 11.6 Å². The highest BCUT2D eigenvalue weighted by atomic mass is 16.5. The summed E-state index contributed by atoms with van der Waals surface area (Å²) in [5.74, 6) is -0.809. The zero-order chi connectivity index (χ0) is 10.0. The molecular formula is C10H17NO3. The van der Waals surface area contributed by atoms with Crippen LogP contribution in [0, 0.1) is 0 Å². The fourth-order valence-corrected chi connectivity index (χ4v) is 2.02. The molecule has 2 rings (SSSR count). The minimum absolute atomic E-state index is 0.186. The van der Waals surface area contributed by atoms with Gasteiger partial charge in [-0.15, -0.1) is 0 Å². The molecule has 0 aromatic heterocycles. The Balaban J connectivity index is 2.00. The van der Waals surface area contributed by atoms with Crippen molar-refractivity contribution in [1.29, 1.82) is 0 Å². The Hall–Kier alpha value is -0.610. The van der Waals surface area contributed by atoms with Gasteiger partial charge >= 0.3 is 5.97 Å². The van der Waals surface area contributed by atoms with Crippen LogP contribution in [0.15, 0.2) is 0 Å². The van der Waals surface area contributed by atoms with Crippen LogP contribution in [0.5, 0.6) is 0 Å². The molecule has 0 spiro atoms. The van der Waals surface area contributed by atoms with Crippen LogP contribution in [0.2, 0.25) is 0 Å². The number of carboxylic acid groups (broad SMARTS) is 1. The van der Waals surface area contributed by atoms with Gasteiger partial charge < -0.3 is 15.2 Å². The Morgan fingerprint density at radius 3 is 2.64 bits per heavy atom. The van der Waals surface area contributed by atoms with Gasteiger partial charge in [0, 0.05) is 6.54 Å². The topological polar surface area (TPSA) is 58.6 Å². The Bertz CT molecular complexity index is 219. The number of hydrogen-bond donors (Lipinski definition) is 2. The summed E-state index contributed by atoms with van der Waals surface area (Å²) in [6, 6.07) is 0. The van der Waals surface area contributed by atoms with Crippen molar-refractivity contribution in [2.24, 2.45) is 0 Å².